The zero-order valence-corrected chi connectivity index (χ0v) is 11.9. The average molecular weight is 296 g/mol. The monoisotopic (exact) mass is 296 g/mol. The number of phenolic OH excluding ortho intramolecular Hbond substituents is 2. The lowest BCUT2D eigenvalue weighted by atomic mass is 10.1. The molecule has 22 heavy (non-hydrogen) atoms. The van der Waals surface area contributed by atoms with Gasteiger partial charge in [-0.25, -0.2) is 0 Å². The minimum atomic E-state index is -0.0704. The number of hydrogen-bond acceptors (Lipinski definition) is 5. The first-order chi connectivity index (χ1) is 10.7. The van der Waals surface area contributed by atoms with Gasteiger partial charge in [-0.2, -0.15) is 0 Å². The van der Waals surface area contributed by atoms with Crippen LogP contribution in [0.2, 0.25) is 0 Å². The van der Waals surface area contributed by atoms with Crippen molar-refractivity contribution in [3.05, 3.63) is 59.2 Å². The van der Waals surface area contributed by atoms with Gasteiger partial charge in [-0.3, -0.25) is 14.8 Å². The Bertz CT molecular complexity index is 709. The summed E-state index contributed by atoms with van der Waals surface area (Å²) in [5.74, 6) is 0.115. The molecule has 0 aliphatic rings. The van der Waals surface area contributed by atoms with Crippen LogP contribution in [-0.4, -0.2) is 42.0 Å². The first-order valence-electron chi connectivity index (χ1n) is 6.77. The summed E-state index contributed by atoms with van der Waals surface area (Å²) >= 11 is 0. The SMILES string of the molecule is O=Cc1cccc(C=NCCN=Cc2ccccc2O)c1O. The van der Waals surface area contributed by atoms with Crippen LogP contribution in [0.25, 0.3) is 0 Å². The number of aliphatic imine (C=N–C) groups is 2. The molecular formula is C17H16N2O3. The minimum Gasteiger partial charge on any atom is -0.507 e. The minimum absolute atomic E-state index is 0.0704. The molecule has 2 rings (SSSR count). The van der Waals surface area contributed by atoms with Gasteiger partial charge in [-0.05, 0) is 24.3 Å². The van der Waals surface area contributed by atoms with E-state index in [0.717, 1.165) is 0 Å². The number of hydrogen-bond donors (Lipinski definition) is 2. The molecule has 2 aromatic rings. The summed E-state index contributed by atoms with van der Waals surface area (Å²) in [6.45, 7) is 0.897. The topological polar surface area (TPSA) is 82.2 Å². The van der Waals surface area contributed by atoms with Crippen molar-refractivity contribution < 1.29 is 15.0 Å². The summed E-state index contributed by atoms with van der Waals surface area (Å²) in [7, 11) is 0. The molecule has 0 heterocycles. The standard InChI is InChI=1S/C17H16N2O3/c20-12-15-6-3-5-14(17(15)22)11-19-9-8-18-10-13-4-1-2-7-16(13)21/h1-7,10-12,21-22H,8-9H2. The second-order valence-corrected chi connectivity index (χ2v) is 4.53. The molecule has 0 aliphatic carbocycles. The predicted molar refractivity (Wildman–Crippen MR) is 86.5 cm³/mol. The molecule has 0 aliphatic heterocycles. The largest absolute Gasteiger partial charge is 0.507 e. The molecule has 0 radical (unpaired) electrons. The third-order valence-corrected chi connectivity index (χ3v) is 2.98. The molecule has 0 unspecified atom stereocenters. The number of aromatic hydroxyl groups is 2. The van der Waals surface area contributed by atoms with Crippen LogP contribution in [0.5, 0.6) is 11.5 Å². The van der Waals surface area contributed by atoms with Crippen molar-refractivity contribution in [2.75, 3.05) is 13.1 Å². The number of aldehydes is 1. The lowest BCUT2D eigenvalue weighted by molar-refractivity contribution is 0.112. The Morgan fingerprint density at radius 1 is 0.818 bits per heavy atom. The number of rotatable bonds is 6. The summed E-state index contributed by atoms with van der Waals surface area (Å²) in [6.07, 6.45) is 3.70. The maximum Gasteiger partial charge on any atom is 0.153 e. The Kier molecular flexibility index (Phi) is 5.43. The zero-order chi connectivity index (χ0) is 15.8. The van der Waals surface area contributed by atoms with E-state index in [1.165, 1.54) is 12.3 Å². The maximum atomic E-state index is 10.7. The van der Waals surface area contributed by atoms with Gasteiger partial charge in [0.15, 0.2) is 6.29 Å². The van der Waals surface area contributed by atoms with Crippen LogP contribution in [0.1, 0.15) is 21.5 Å². The summed E-state index contributed by atoms with van der Waals surface area (Å²) in [5.41, 5.74) is 1.39. The van der Waals surface area contributed by atoms with Gasteiger partial charge in [0.1, 0.15) is 11.5 Å². The maximum absolute atomic E-state index is 10.7. The van der Waals surface area contributed by atoms with E-state index in [2.05, 4.69) is 9.98 Å². The molecule has 0 aromatic heterocycles. The van der Waals surface area contributed by atoms with Crippen molar-refractivity contribution in [2.45, 2.75) is 0 Å². The van der Waals surface area contributed by atoms with E-state index in [-0.39, 0.29) is 17.1 Å². The number of carbonyl (C=O) groups excluding carboxylic acids is 1. The van der Waals surface area contributed by atoms with Gasteiger partial charge in [0.25, 0.3) is 0 Å². The van der Waals surface area contributed by atoms with Crippen LogP contribution >= 0.6 is 0 Å². The predicted octanol–water partition coefficient (Wildman–Crippen LogP) is 2.45. The normalized spacial score (nSPS) is 11.3. The Hall–Kier alpha value is -2.95. The van der Waals surface area contributed by atoms with Crippen molar-refractivity contribution in [3.63, 3.8) is 0 Å². The van der Waals surface area contributed by atoms with E-state index in [4.69, 9.17) is 0 Å². The summed E-state index contributed by atoms with van der Waals surface area (Å²) in [4.78, 5) is 19.0. The Labute approximate surface area is 128 Å². The molecule has 0 bridgehead atoms. The quantitative estimate of drug-likeness (QED) is 0.488. The molecule has 5 nitrogen and oxygen atoms in total. The van der Waals surface area contributed by atoms with Crippen molar-refractivity contribution in [1.82, 2.24) is 0 Å². The Morgan fingerprint density at radius 3 is 2.09 bits per heavy atom. The molecule has 2 aromatic carbocycles. The van der Waals surface area contributed by atoms with Crippen LogP contribution in [-0.2, 0) is 0 Å². The molecule has 5 heteroatoms. The molecule has 0 amide bonds. The van der Waals surface area contributed by atoms with E-state index >= 15 is 0 Å². The molecule has 0 spiro atoms. The number of phenols is 2. The van der Waals surface area contributed by atoms with Crippen molar-refractivity contribution >= 4 is 18.7 Å². The lowest BCUT2D eigenvalue weighted by Gasteiger charge is -2.00. The molecule has 0 fully saturated rings. The van der Waals surface area contributed by atoms with Gasteiger partial charge in [-0.1, -0.05) is 18.2 Å². The second-order valence-electron chi connectivity index (χ2n) is 4.53. The average Bonchev–Trinajstić information content (AvgIpc) is 2.53. The highest BCUT2D eigenvalue weighted by Gasteiger charge is 2.03. The summed E-state index contributed by atoms with van der Waals surface area (Å²) in [5, 5.41) is 19.4. The molecule has 112 valence electrons. The first kappa shape index (κ1) is 15.4. The molecule has 2 N–H and O–H groups in total. The fourth-order valence-electron chi connectivity index (χ4n) is 1.82. The van der Waals surface area contributed by atoms with Crippen LogP contribution in [0.4, 0.5) is 0 Å². The number of benzene rings is 2. The van der Waals surface area contributed by atoms with Gasteiger partial charge in [0.05, 0.1) is 18.7 Å². The van der Waals surface area contributed by atoms with Gasteiger partial charge in [-0.15, -0.1) is 0 Å². The lowest BCUT2D eigenvalue weighted by Crippen LogP contribution is -1.92. The van der Waals surface area contributed by atoms with Crippen LogP contribution in [0, 0.1) is 0 Å². The highest BCUT2D eigenvalue weighted by atomic mass is 16.3. The molecular weight excluding hydrogens is 280 g/mol. The van der Waals surface area contributed by atoms with Gasteiger partial charge in [0.2, 0.25) is 0 Å². The Morgan fingerprint density at radius 2 is 1.41 bits per heavy atom. The van der Waals surface area contributed by atoms with E-state index in [1.807, 2.05) is 6.07 Å². The molecule has 0 saturated carbocycles. The fraction of sp³-hybridized carbons (Fsp3) is 0.118. The summed E-state index contributed by atoms with van der Waals surface area (Å²) in [6, 6.07) is 11.8. The Balaban J connectivity index is 1.89. The van der Waals surface area contributed by atoms with Gasteiger partial charge < -0.3 is 10.2 Å². The summed E-state index contributed by atoms with van der Waals surface area (Å²) < 4.78 is 0. The van der Waals surface area contributed by atoms with Crippen LogP contribution < -0.4 is 0 Å². The smallest absolute Gasteiger partial charge is 0.153 e. The van der Waals surface area contributed by atoms with Crippen molar-refractivity contribution in [2.24, 2.45) is 9.98 Å². The van der Waals surface area contributed by atoms with E-state index in [0.29, 0.717) is 30.5 Å². The highest BCUT2D eigenvalue weighted by molar-refractivity contribution is 5.90. The molecule has 0 saturated heterocycles. The van der Waals surface area contributed by atoms with Gasteiger partial charge in [0, 0.05) is 23.6 Å². The van der Waals surface area contributed by atoms with E-state index in [9.17, 15) is 15.0 Å². The van der Waals surface area contributed by atoms with Crippen LogP contribution in [0.15, 0.2) is 52.4 Å². The third-order valence-electron chi connectivity index (χ3n) is 2.98. The number of para-hydroxylation sites is 2. The zero-order valence-electron chi connectivity index (χ0n) is 11.9. The van der Waals surface area contributed by atoms with E-state index < -0.39 is 0 Å². The van der Waals surface area contributed by atoms with Gasteiger partial charge >= 0.3 is 0 Å². The van der Waals surface area contributed by atoms with Crippen molar-refractivity contribution in [1.29, 1.82) is 0 Å². The van der Waals surface area contributed by atoms with E-state index in [1.54, 1.807) is 36.5 Å². The third kappa shape index (κ3) is 4.02. The van der Waals surface area contributed by atoms with Crippen molar-refractivity contribution in [3.8, 4) is 11.5 Å². The molecule has 0 atom stereocenters. The number of carbonyl (C=O) groups is 1. The second kappa shape index (κ2) is 7.73. The fourth-order valence-corrected chi connectivity index (χ4v) is 1.82. The number of nitrogens with zero attached hydrogens (tertiary/aromatic N) is 2. The van der Waals surface area contributed by atoms with Crippen LogP contribution in [0.3, 0.4) is 0 Å². The first-order valence-corrected chi connectivity index (χ1v) is 6.77. The highest BCUT2D eigenvalue weighted by Crippen LogP contribution is 2.18.